The monoisotopic (exact) mass is 338 g/mol. The summed E-state index contributed by atoms with van der Waals surface area (Å²) in [6, 6.07) is 19.8. The average Bonchev–Trinajstić information content (AvgIpc) is 2.65. The summed E-state index contributed by atoms with van der Waals surface area (Å²) < 4.78 is 5.73. The Morgan fingerprint density at radius 1 is 1.08 bits per heavy atom. The fourth-order valence-corrected chi connectivity index (χ4v) is 2.53. The number of hydrogen-bond donors (Lipinski definition) is 2. The summed E-state index contributed by atoms with van der Waals surface area (Å²) in [5, 5.41) is 25.9. The Bertz CT molecular complexity index is 877. The number of non-ortho nitro benzene ring substituents is 1. The molecule has 0 radical (unpaired) electrons. The zero-order valence-corrected chi connectivity index (χ0v) is 13.5. The Balaban J connectivity index is 1.57. The lowest BCUT2D eigenvalue weighted by Gasteiger charge is -2.15. The number of nitrogens with zero attached hydrogens (tertiary/aromatic N) is 1. The first-order chi connectivity index (χ1) is 12.1. The van der Waals surface area contributed by atoms with Crippen LogP contribution in [0.25, 0.3) is 10.8 Å². The number of nitro groups is 1. The Hall–Kier alpha value is -3.12. The topological polar surface area (TPSA) is 84.6 Å². The maximum absolute atomic E-state index is 10.8. The number of hydrogen-bond acceptors (Lipinski definition) is 5. The molecule has 0 bridgehead atoms. The molecule has 25 heavy (non-hydrogen) atoms. The van der Waals surface area contributed by atoms with Gasteiger partial charge in [0, 0.05) is 29.8 Å². The Morgan fingerprint density at radius 3 is 2.68 bits per heavy atom. The number of fused-ring (bicyclic) bond motifs is 1. The predicted molar refractivity (Wildman–Crippen MR) is 97.0 cm³/mol. The average molecular weight is 338 g/mol. The Kier molecular flexibility index (Phi) is 5.11. The molecule has 0 amide bonds. The van der Waals surface area contributed by atoms with Crippen LogP contribution in [-0.2, 0) is 0 Å². The summed E-state index contributed by atoms with van der Waals surface area (Å²) in [5.74, 6) is 0.715. The zero-order valence-electron chi connectivity index (χ0n) is 13.5. The van der Waals surface area contributed by atoms with Gasteiger partial charge in [0.1, 0.15) is 18.5 Å². The van der Waals surface area contributed by atoms with Crippen molar-refractivity contribution in [2.24, 2.45) is 0 Å². The maximum Gasteiger partial charge on any atom is 0.271 e. The highest BCUT2D eigenvalue weighted by Crippen LogP contribution is 2.25. The largest absolute Gasteiger partial charge is 0.490 e. The van der Waals surface area contributed by atoms with Gasteiger partial charge in [0.05, 0.1) is 4.92 Å². The molecule has 1 atom stereocenters. The highest BCUT2D eigenvalue weighted by molar-refractivity contribution is 5.88. The molecule has 0 saturated heterocycles. The van der Waals surface area contributed by atoms with Crippen LogP contribution in [0.3, 0.4) is 0 Å². The van der Waals surface area contributed by atoms with Crippen molar-refractivity contribution in [2.45, 2.75) is 6.10 Å². The minimum absolute atomic E-state index is 0.00601. The fraction of sp³-hybridized carbons (Fsp3) is 0.158. The molecular formula is C19H18N2O4. The summed E-state index contributed by atoms with van der Waals surface area (Å²) in [7, 11) is 0. The van der Waals surface area contributed by atoms with Gasteiger partial charge < -0.3 is 15.2 Å². The summed E-state index contributed by atoms with van der Waals surface area (Å²) >= 11 is 0. The summed E-state index contributed by atoms with van der Waals surface area (Å²) in [6.07, 6.45) is -0.752. The van der Waals surface area contributed by atoms with Gasteiger partial charge in [-0.25, -0.2) is 0 Å². The van der Waals surface area contributed by atoms with Gasteiger partial charge in [-0.05, 0) is 17.5 Å². The third kappa shape index (κ3) is 4.24. The zero-order chi connectivity index (χ0) is 17.6. The minimum atomic E-state index is -0.752. The molecular weight excluding hydrogens is 320 g/mol. The maximum atomic E-state index is 10.8. The Labute approximate surface area is 144 Å². The number of aliphatic hydroxyl groups is 1. The van der Waals surface area contributed by atoms with Crippen molar-refractivity contribution in [3.05, 3.63) is 76.8 Å². The smallest absolute Gasteiger partial charge is 0.271 e. The second-order valence-corrected chi connectivity index (χ2v) is 5.63. The van der Waals surface area contributed by atoms with Crippen molar-refractivity contribution in [1.82, 2.24) is 0 Å². The molecule has 6 nitrogen and oxygen atoms in total. The lowest BCUT2D eigenvalue weighted by Crippen LogP contribution is -2.26. The van der Waals surface area contributed by atoms with Crippen molar-refractivity contribution in [3.8, 4) is 5.75 Å². The van der Waals surface area contributed by atoms with E-state index < -0.39 is 11.0 Å². The van der Waals surface area contributed by atoms with Crippen LogP contribution in [0.5, 0.6) is 5.75 Å². The van der Waals surface area contributed by atoms with Crippen molar-refractivity contribution >= 4 is 22.1 Å². The van der Waals surface area contributed by atoms with E-state index in [1.54, 1.807) is 12.1 Å². The number of ether oxygens (including phenoxy) is 1. The van der Waals surface area contributed by atoms with Gasteiger partial charge in [-0.1, -0.05) is 42.5 Å². The van der Waals surface area contributed by atoms with Crippen molar-refractivity contribution < 1.29 is 14.8 Å². The quantitative estimate of drug-likeness (QED) is 0.508. The van der Waals surface area contributed by atoms with E-state index in [9.17, 15) is 15.2 Å². The standard InChI is InChI=1S/C19H18N2O4/c22-17(12-20-15-7-4-8-16(11-15)21(23)24)13-25-19-10-3-6-14-5-1-2-9-18(14)19/h1-11,17,20,22H,12-13H2/t17-/m1/s1. The molecule has 0 aliphatic carbocycles. The molecule has 0 spiro atoms. The van der Waals surface area contributed by atoms with Gasteiger partial charge in [-0.15, -0.1) is 0 Å². The molecule has 0 aliphatic heterocycles. The van der Waals surface area contributed by atoms with Crippen LogP contribution in [0.2, 0.25) is 0 Å². The van der Waals surface area contributed by atoms with E-state index in [2.05, 4.69) is 5.32 Å². The molecule has 128 valence electrons. The van der Waals surface area contributed by atoms with Crippen LogP contribution in [0, 0.1) is 10.1 Å². The lowest BCUT2D eigenvalue weighted by atomic mass is 10.1. The lowest BCUT2D eigenvalue weighted by molar-refractivity contribution is -0.384. The van der Waals surface area contributed by atoms with Crippen LogP contribution < -0.4 is 10.1 Å². The first-order valence-electron chi connectivity index (χ1n) is 7.90. The number of nitro benzene ring substituents is 1. The van der Waals surface area contributed by atoms with E-state index in [0.29, 0.717) is 11.4 Å². The van der Waals surface area contributed by atoms with Gasteiger partial charge in [0.2, 0.25) is 0 Å². The first-order valence-corrected chi connectivity index (χ1v) is 7.90. The summed E-state index contributed by atoms with van der Waals surface area (Å²) in [6.45, 7) is 0.349. The van der Waals surface area contributed by atoms with Gasteiger partial charge >= 0.3 is 0 Å². The molecule has 3 aromatic carbocycles. The molecule has 6 heteroatoms. The van der Waals surface area contributed by atoms with E-state index in [1.165, 1.54) is 12.1 Å². The molecule has 0 fully saturated rings. The molecule has 3 aromatic rings. The van der Waals surface area contributed by atoms with Crippen molar-refractivity contribution in [1.29, 1.82) is 0 Å². The highest BCUT2D eigenvalue weighted by atomic mass is 16.6. The number of nitrogens with one attached hydrogen (secondary N) is 1. The van der Waals surface area contributed by atoms with E-state index >= 15 is 0 Å². The Morgan fingerprint density at radius 2 is 1.84 bits per heavy atom. The highest BCUT2D eigenvalue weighted by Gasteiger charge is 2.09. The van der Waals surface area contributed by atoms with Crippen LogP contribution in [0.15, 0.2) is 66.7 Å². The number of aliphatic hydroxyl groups excluding tert-OH is 1. The SMILES string of the molecule is O=[N+]([O-])c1cccc(NC[C@@H](O)COc2cccc3ccccc23)c1. The first kappa shape index (κ1) is 16.7. The van der Waals surface area contributed by atoms with Crippen molar-refractivity contribution in [3.63, 3.8) is 0 Å². The third-order valence-corrected chi connectivity index (χ3v) is 3.78. The normalized spacial score (nSPS) is 11.9. The van der Waals surface area contributed by atoms with Crippen LogP contribution in [-0.4, -0.2) is 29.3 Å². The molecule has 0 unspecified atom stereocenters. The molecule has 3 rings (SSSR count). The number of benzene rings is 3. The van der Waals surface area contributed by atoms with Gasteiger partial charge in [-0.2, -0.15) is 0 Å². The fourth-order valence-electron chi connectivity index (χ4n) is 2.53. The van der Waals surface area contributed by atoms with Gasteiger partial charge in [-0.3, -0.25) is 10.1 Å². The van der Waals surface area contributed by atoms with Gasteiger partial charge in [0.25, 0.3) is 5.69 Å². The molecule has 0 saturated carbocycles. The molecule has 0 aromatic heterocycles. The van der Waals surface area contributed by atoms with E-state index in [4.69, 9.17) is 4.74 Å². The number of rotatable bonds is 7. The predicted octanol–water partition coefficient (Wildman–Crippen LogP) is 3.60. The van der Waals surface area contributed by atoms with Gasteiger partial charge in [0.15, 0.2) is 0 Å². The third-order valence-electron chi connectivity index (χ3n) is 3.78. The molecule has 0 aliphatic rings. The van der Waals surface area contributed by atoms with Crippen LogP contribution >= 0.6 is 0 Å². The van der Waals surface area contributed by atoms with Crippen LogP contribution in [0.1, 0.15) is 0 Å². The minimum Gasteiger partial charge on any atom is -0.490 e. The number of anilines is 1. The van der Waals surface area contributed by atoms with E-state index in [-0.39, 0.29) is 18.8 Å². The second-order valence-electron chi connectivity index (χ2n) is 5.63. The van der Waals surface area contributed by atoms with Crippen molar-refractivity contribution in [2.75, 3.05) is 18.5 Å². The summed E-state index contributed by atoms with van der Waals surface area (Å²) in [5.41, 5.74) is 0.588. The summed E-state index contributed by atoms with van der Waals surface area (Å²) in [4.78, 5) is 10.3. The van der Waals surface area contributed by atoms with E-state index in [0.717, 1.165) is 10.8 Å². The second kappa shape index (κ2) is 7.63. The molecule has 0 heterocycles. The van der Waals surface area contributed by atoms with E-state index in [1.807, 2.05) is 42.5 Å². The molecule has 2 N–H and O–H groups in total. The van der Waals surface area contributed by atoms with Crippen LogP contribution in [0.4, 0.5) is 11.4 Å².